The van der Waals surface area contributed by atoms with E-state index in [2.05, 4.69) is 12.2 Å². The van der Waals surface area contributed by atoms with Crippen molar-refractivity contribution in [3.63, 3.8) is 0 Å². The van der Waals surface area contributed by atoms with Crippen molar-refractivity contribution in [3.8, 4) is 0 Å². The van der Waals surface area contributed by atoms with Gasteiger partial charge in [-0.15, -0.1) is 0 Å². The Morgan fingerprint density at radius 3 is 2.42 bits per heavy atom. The van der Waals surface area contributed by atoms with Gasteiger partial charge in [-0.1, -0.05) is 31.5 Å². The lowest BCUT2D eigenvalue weighted by Crippen LogP contribution is -2.26. The molecule has 0 heterocycles. The van der Waals surface area contributed by atoms with Gasteiger partial charge in [0.2, 0.25) is 0 Å². The quantitative estimate of drug-likeness (QED) is 0.859. The molecule has 3 unspecified atom stereocenters. The highest BCUT2D eigenvalue weighted by molar-refractivity contribution is 5.33. The van der Waals surface area contributed by atoms with Crippen molar-refractivity contribution in [2.75, 3.05) is 7.05 Å². The molecule has 0 spiro atoms. The molecule has 1 saturated carbocycles. The minimum absolute atomic E-state index is 0.206. The molecular formula is C15H20F3N. The smallest absolute Gasteiger partial charge is 0.313 e. The third kappa shape index (κ3) is 3.11. The lowest BCUT2D eigenvalue weighted by Gasteiger charge is -2.26. The van der Waals surface area contributed by atoms with Gasteiger partial charge < -0.3 is 5.32 Å². The van der Waals surface area contributed by atoms with Gasteiger partial charge in [0, 0.05) is 6.04 Å². The first-order valence-electron chi connectivity index (χ1n) is 6.77. The average Bonchev–Trinajstić information content (AvgIpc) is 2.76. The summed E-state index contributed by atoms with van der Waals surface area (Å²) in [5, 5.41) is 3.09. The predicted molar refractivity (Wildman–Crippen MR) is 69.7 cm³/mol. The van der Waals surface area contributed by atoms with Crippen LogP contribution in [0.2, 0.25) is 0 Å². The maximum absolute atomic E-state index is 13.1. The molecule has 1 aromatic rings. The van der Waals surface area contributed by atoms with E-state index < -0.39 is 11.7 Å². The highest BCUT2D eigenvalue weighted by Crippen LogP contribution is 2.42. The number of rotatable bonds is 3. The number of alkyl halides is 3. The highest BCUT2D eigenvalue weighted by atomic mass is 19.4. The van der Waals surface area contributed by atoms with Crippen LogP contribution in [0.3, 0.4) is 0 Å². The Morgan fingerprint density at radius 2 is 1.89 bits per heavy atom. The van der Waals surface area contributed by atoms with Gasteiger partial charge in [-0.3, -0.25) is 0 Å². The van der Waals surface area contributed by atoms with Crippen molar-refractivity contribution in [1.82, 2.24) is 5.32 Å². The number of halogens is 3. The highest BCUT2D eigenvalue weighted by Gasteiger charge is 2.37. The molecule has 0 aliphatic heterocycles. The lowest BCUT2D eigenvalue weighted by molar-refractivity contribution is -0.138. The molecular weight excluding hydrogens is 251 g/mol. The third-order valence-electron chi connectivity index (χ3n) is 4.12. The standard InChI is InChI=1S/C15H20F3N/c1-10-7-8-11(9-10)14(19-2)12-5-3-4-6-13(12)15(16,17)18/h3-6,10-11,14,19H,7-9H2,1-2H3. The summed E-state index contributed by atoms with van der Waals surface area (Å²) in [5.41, 5.74) is -0.120. The van der Waals surface area contributed by atoms with Crippen LogP contribution in [0.5, 0.6) is 0 Å². The molecule has 19 heavy (non-hydrogen) atoms. The minimum Gasteiger partial charge on any atom is -0.313 e. The van der Waals surface area contributed by atoms with Crippen LogP contribution in [0.4, 0.5) is 13.2 Å². The number of benzene rings is 1. The van der Waals surface area contributed by atoms with Gasteiger partial charge in [0.1, 0.15) is 0 Å². The van der Waals surface area contributed by atoms with Crippen molar-refractivity contribution in [2.24, 2.45) is 11.8 Å². The van der Waals surface area contributed by atoms with Crippen molar-refractivity contribution in [3.05, 3.63) is 35.4 Å². The van der Waals surface area contributed by atoms with Gasteiger partial charge in [-0.2, -0.15) is 13.2 Å². The van der Waals surface area contributed by atoms with E-state index in [9.17, 15) is 13.2 Å². The van der Waals surface area contributed by atoms with E-state index in [4.69, 9.17) is 0 Å². The summed E-state index contributed by atoms with van der Waals surface area (Å²) in [7, 11) is 1.75. The van der Waals surface area contributed by atoms with Gasteiger partial charge in [-0.25, -0.2) is 0 Å². The van der Waals surface area contributed by atoms with E-state index in [0.29, 0.717) is 17.4 Å². The van der Waals surface area contributed by atoms with E-state index in [0.717, 1.165) is 19.3 Å². The van der Waals surface area contributed by atoms with Gasteiger partial charge in [-0.05, 0) is 43.4 Å². The van der Waals surface area contributed by atoms with Gasteiger partial charge in [0.05, 0.1) is 5.56 Å². The molecule has 0 aromatic heterocycles. The zero-order valence-corrected chi connectivity index (χ0v) is 11.3. The fourth-order valence-corrected chi connectivity index (χ4v) is 3.23. The van der Waals surface area contributed by atoms with Crippen molar-refractivity contribution in [2.45, 2.75) is 38.4 Å². The summed E-state index contributed by atoms with van der Waals surface area (Å²) in [4.78, 5) is 0. The molecule has 1 aromatic carbocycles. The van der Waals surface area contributed by atoms with Gasteiger partial charge >= 0.3 is 6.18 Å². The molecule has 0 bridgehead atoms. The molecule has 0 saturated heterocycles. The maximum atomic E-state index is 13.1. The first-order chi connectivity index (χ1) is 8.93. The zero-order chi connectivity index (χ0) is 14.0. The van der Waals surface area contributed by atoms with E-state index >= 15 is 0 Å². The molecule has 1 fully saturated rings. The fraction of sp³-hybridized carbons (Fsp3) is 0.600. The van der Waals surface area contributed by atoms with Crippen molar-refractivity contribution in [1.29, 1.82) is 0 Å². The van der Waals surface area contributed by atoms with Crippen LogP contribution in [0.15, 0.2) is 24.3 Å². The molecule has 3 atom stereocenters. The van der Waals surface area contributed by atoms with E-state index in [1.165, 1.54) is 12.1 Å². The molecule has 2 rings (SSSR count). The normalized spacial score (nSPS) is 25.5. The molecule has 0 amide bonds. The van der Waals surface area contributed by atoms with Crippen LogP contribution in [0, 0.1) is 11.8 Å². The summed E-state index contributed by atoms with van der Waals surface area (Å²) >= 11 is 0. The molecule has 1 N–H and O–H groups in total. The summed E-state index contributed by atoms with van der Waals surface area (Å²) in [6, 6.07) is 5.72. The SMILES string of the molecule is CNC(c1ccccc1C(F)(F)F)C1CCC(C)C1. The first-order valence-corrected chi connectivity index (χ1v) is 6.77. The lowest BCUT2D eigenvalue weighted by atomic mass is 9.88. The second kappa shape index (κ2) is 5.53. The number of nitrogens with one attached hydrogen (secondary N) is 1. The predicted octanol–water partition coefficient (Wildman–Crippen LogP) is 4.40. The Labute approximate surface area is 112 Å². The Hall–Kier alpha value is -1.03. The van der Waals surface area contributed by atoms with Crippen LogP contribution >= 0.6 is 0 Å². The van der Waals surface area contributed by atoms with E-state index in [1.54, 1.807) is 19.2 Å². The van der Waals surface area contributed by atoms with Crippen molar-refractivity contribution < 1.29 is 13.2 Å². The van der Waals surface area contributed by atoms with Crippen LogP contribution in [0.25, 0.3) is 0 Å². The molecule has 0 radical (unpaired) electrons. The minimum atomic E-state index is -4.28. The summed E-state index contributed by atoms with van der Waals surface area (Å²) < 4.78 is 39.2. The van der Waals surface area contributed by atoms with Crippen LogP contribution in [0.1, 0.15) is 43.4 Å². The second-order valence-electron chi connectivity index (χ2n) is 5.53. The maximum Gasteiger partial charge on any atom is 0.416 e. The van der Waals surface area contributed by atoms with E-state index in [1.807, 2.05) is 0 Å². The average molecular weight is 271 g/mol. The molecule has 1 nitrogen and oxygen atoms in total. The Balaban J connectivity index is 2.33. The number of hydrogen-bond donors (Lipinski definition) is 1. The topological polar surface area (TPSA) is 12.0 Å². The summed E-state index contributed by atoms with van der Waals surface area (Å²) in [6.07, 6.45) is -1.18. The Bertz CT molecular complexity index is 428. The van der Waals surface area contributed by atoms with Crippen LogP contribution < -0.4 is 5.32 Å². The zero-order valence-electron chi connectivity index (χ0n) is 11.3. The fourth-order valence-electron chi connectivity index (χ4n) is 3.23. The summed E-state index contributed by atoms with van der Waals surface area (Å²) in [6.45, 7) is 2.17. The molecule has 1 aliphatic carbocycles. The molecule has 4 heteroatoms. The molecule has 106 valence electrons. The number of hydrogen-bond acceptors (Lipinski definition) is 1. The van der Waals surface area contributed by atoms with Gasteiger partial charge in [0.25, 0.3) is 0 Å². The van der Waals surface area contributed by atoms with Crippen LogP contribution in [-0.2, 0) is 6.18 Å². The second-order valence-corrected chi connectivity index (χ2v) is 5.53. The van der Waals surface area contributed by atoms with Crippen molar-refractivity contribution >= 4 is 0 Å². The first kappa shape index (κ1) is 14.4. The van der Waals surface area contributed by atoms with E-state index in [-0.39, 0.29) is 6.04 Å². The van der Waals surface area contributed by atoms with Gasteiger partial charge in [0.15, 0.2) is 0 Å². The molecule has 1 aliphatic rings. The Kier molecular flexibility index (Phi) is 4.19. The largest absolute Gasteiger partial charge is 0.416 e. The third-order valence-corrected chi connectivity index (χ3v) is 4.12. The summed E-state index contributed by atoms with van der Waals surface area (Å²) in [5.74, 6) is 0.905. The Morgan fingerprint density at radius 1 is 1.21 bits per heavy atom. The van der Waals surface area contributed by atoms with Crippen LogP contribution in [-0.4, -0.2) is 7.05 Å². The monoisotopic (exact) mass is 271 g/mol.